The summed E-state index contributed by atoms with van der Waals surface area (Å²) in [6.07, 6.45) is 45.4. The summed E-state index contributed by atoms with van der Waals surface area (Å²) in [4.78, 5) is 37.1. The molecule has 8 nitrogen and oxygen atoms in total. The summed E-state index contributed by atoms with van der Waals surface area (Å²) in [7, 11) is 5.54. The predicted octanol–water partition coefficient (Wildman–Crippen LogP) is 13.9. The number of ether oxygens (including phenoxy) is 3. The van der Waals surface area contributed by atoms with E-state index in [0.717, 1.165) is 38.5 Å². The molecule has 0 bridgehead atoms. The lowest BCUT2D eigenvalue weighted by Crippen LogP contribution is -2.50. The van der Waals surface area contributed by atoms with Crippen LogP contribution in [0.2, 0.25) is 0 Å². The minimum absolute atomic E-state index is 0.0462. The van der Waals surface area contributed by atoms with Crippen LogP contribution in [0.15, 0.2) is 12.2 Å². The fraction of sp³-hybridized carbons (Fsp3) is 0.900. The van der Waals surface area contributed by atoms with Gasteiger partial charge in [0.1, 0.15) is 6.61 Å². The number of nitrogens with zero attached hydrogens (tertiary/aromatic N) is 1. The van der Waals surface area contributed by atoms with E-state index in [1.54, 1.807) is 0 Å². The summed E-state index contributed by atoms with van der Waals surface area (Å²) in [5.74, 6) is -1.45. The Bertz CT molecular complexity index is 962. The topological polar surface area (TPSA) is 99.1 Å². The van der Waals surface area contributed by atoms with Gasteiger partial charge in [0, 0.05) is 19.3 Å². The highest BCUT2D eigenvalue weighted by Crippen LogP contribution is 2.16. The number of allylic oxidation sites excluding steroid dienone is 2. The lowest BCUT2D eigenvalue weighted by Gasteiger charge is -2.31. The number of likely N-dealkylation sites (N-methyl/N-ethyl adjacent to an activating group) is 1. The molecule has 1 N–H and O–H groups in total. The number of aliphatic carboxylic acids is 1. The summed E-state index contributed by atoms with van der Waals surface area (Å²) in [5.41, 5.74) is 0. The van der Waals surface area contributed by atoms with E-state index in [-0.39, 0.29) is 36.2 Å². The zero-order valence-corrected chi connectivity index (χ0v) is 39.0. The second-order valence-electron chi connectivity index (χ2n) is 18.1. The van der Waals surface area contributed by atoms with Gasteiger partial charge in [0.15, 0.2) is 12.1 Å². The van der Waals surface area contributed by atoms with Crippen molar-refractivity contribution in [3.8, 4) is 0 Å². The maximum Gasteiger partial charge on any atom is 0.362 e. The molecule has 0 aromatic carbocycles. The number of carbonyl (C=O) groups excluding carboxylic acids is 2. The first-order valence-electron chi connectivity index (χ1n) is 24.7. The van der Waals surface area contributed by atoms with Gasteiger partial charge in [-0.2, -0.15) is 0 Å². The third-order valence-corrected chi connectivity index (χ3v) is 11.4. The monoisotopic (exact) mass is 823 g/mol. The zero-order chi connectivity index (χ0) is 42.8. The molecule has 8 heteroatoms. The van der Waals surface area contributed by atoms with Crippen molar-refractivity contribution in [2.45, 2.75) is 251 Å². The summed E-state index contributed by atoms with van der Waals surface area (Å²) in [6, 6.07) is -0.611. The zero-order valence-electron chi connectivity index (χ0n) is 39.0. The van der Waals surface area contributed by atoms with E-state index >= 15 is 0 Å². The molecular weight excluding hydrogens is 727 g/mol. The van der Waals surface area contributed by atoms with E-state index < -0.39 is 18.1 Å². The van der Waals surface area contributed by atoms with Crippen LogP contribution in [0.3, 0.4) is 0 Å². The molecule has 2 unspecified atom stereocenters. The molecule has 2 atom stereocenters. The first-order valence-corrected chi connectivity index (χ1v) is 24.7. The Labute approximate surface area is 359 Å². The smallest absolute Gasteiger partial charge is 0.362 e. The number of rotatable bonds is 45. The number of carboxylic acids is 1. The van der Waals surface area contributed by atoms with Crippen LogP contribution < -0.4 is 0 Å². The molecule has 0 saturated carbocycles. The highest BCUT2D eigenvalue weighted by atomic mass is 16.6. The Morgan fingerprint density at radius 2 is 0.862 bits per heavy atom. The van der Waals surface area contributed by atoms with Crippen LogP contribution in [0.1, 0.15) is 239 Å². The quantitative estimate of drug-likeness (QED) is 0.0283. The number of esters is 2. The number of carbonyl (C=O) groups is 3. The Morgan fingerprint density at radius 3 is 1.24 bits per heavy atom. The highest BCUT2D eigenvalue weighted by Gasteiger charge is 2.31. The molecule has 0 aliphatic heterocycles. The van der Waals surface area contributed by atoms with E-state index in [2.05, 4.69) is 26.0 Å². The van der Waals surface area contributed by atoms with Gasteiger partial charge in [0.05, 0.1) is 34.4 Å². The minimum Gasteiger partial charge on any atom is -0.477 e. The maximum atomic E-state index is 12.8. The van der Waals surface area contributed by atoms with Crippen molar-refractivity contribution in [2.24, 2.45) is 0 Å². The van der Waals surface area contributed by atoms with Gasteiger partial charge in [-0.25, -0.2) is 4.79 Å². The standard InChI is InChI=1S/C50H95NO7/c1-6-8-10-12-14-16-18-20-22-24-26-28-30-32-34-36-38-40-48(52)57-45-46(44-56-43-42-47(50(54)55)51(3,4)5)58-49(53)41-39-37-35-33-31-29-27-25-23-21-19-17-15-13-11-9-7-2/h21,23,46-47H,6-20,22,24-45H2,1-5H3/p+1/b23-21+. The van der Waals surface area contributed by atoms with Crippen LogP contribution in [-0.2, 0) is 28.6 Å². The van der Waals surface area contributed by atoms with Crippen LogP contribution >= 0.6 is 0 Å². The Hall–Kier alpha value is -1.93. The van der Waals surface area contributed by atoms with E-state index in [9.17, 15) is 19.5 Å². The van der Waals surface area contributed by atoms with Crippen molar-refractivity contribution < 1.29 is 38.2 Å². The SMILES string of the molecule is CCCCCCCC/C=C/CCCCCCCCCC(=O)OC(COCCC(C(=O)O)[N+](C)(C)C)COC(=O)CCCCCCCCCCCCCCCCCCC. The van der Waals surface area contributed by atoms with Gasteiger partial charge in [-0.15, -0.1) is 0 Å². The largest absolute Gasteiger partial charge is 0.477 e. The predicted molar refractivity (Wildman–Crippen MR) is 243 cm³/mol. The third-order valence-electron chi connectivity index (χ3n) is 11.4. The van der Waals surface area contributed by atoms with Gasteiger partial charge in [-0.3, -0.25) is 9.59 Å². The van der Waals surface area contributed by atoms with Crippen LogP contribution in [0.5, 0.6) is 0 Å². The summed E-state index contributed by atoms with van der Waals surface area (Å²) >= 11 is 0. The van der Waals surface area contributed by atoms with Crippen molar-refractivity contribution in [1.29, 1.82) is 0 Å². The van der Waals surface area contributed by atoms with Crippen LogP contribution in [0.4, 0.5) is 0 Å². The van der Waals surface area contributed by atoms with E-state index in [1.165, 1.54) is 167 Å². The van der Waals surface area contributed by atoms with Gasteiger partial charge in [-0.05, 0) is 38.5 Å². The molecule has 0 spiro atoms. The molecule has 0 aliphatic carbocycles. The highest BCUT2D eigenvalue weighted by molar-refractivity contribution is 5.72. The van der Waals surface area contributed by atoms with Crippen molar-refractivity contribution in [3.63, 3.8) is 0 Å². The van der Waals surface area contributed by atoms with Gasteiger partial charge < -0.3 is 23.8 Å². The molecule has 0 heterocycles. The summed E-state index contributed by atoms with van der Waals surface area (Å²) < 4.78 is 17.3. The maximum absolute atomic E-state index is 12.8. The van der Waals surface area contributed by atoms with Gasteiger partial charge in [0.2, 0.25) is 0 Å². The first kappa shape index (κ1) is 56.1. The van der Waals surface area contributed by atoms with Gasteiger partial charge >= 0.3 is 17.9 Å². The van der Waals surface area contributed by atoms with Crippen molar-refractivity contribution >= 4 is 17.9 Å². The Balaban J connectivity index is 4.25. The van der Waals surface area contributed by atoms with Gasteiger partial charge in [0.25, 0.3) is 0 Å². The fourth-order valence-corrected chi connectivity index (χ4v) is 7.56. The Kier molecular flexibility index (Phi) is 40.4. The molecule has 0 aromatic rings. The number of unbranched alkanes of at least 4 members (excludes halogenated alkanes) is 29. The van der Waals surface area contributed by atoms with Crippen molar-refractivity contribution in [1.82, 2.24) is 0 Å². The molecular formula is C50H96NO7+. The molecule has 0 amide bonds. The lowest BCUT2D eigenvalue weighted by atomic mass is 10.0. The average molecular weight is 823 g/mol. The normalized spacial score (nSPS) is 12.9. The molecule has 0 radical (unpaired) electrons. The van der Waals surface area contributed by atoms with Crippen LogP contribution in [0, 0.1) is 0 Å². The fourth-order valence-electron chi connectivity index (χ4n) is 7.56. The average Bonchev–Trinajstić information content (AvgIpc) is 3.18. The first-order chi connectivity index (χ1) is 28.1. The van der Waals surface area contributed by atoms with Crippen molar-refractivity contribution in [2.75, 3.05) is 41.0 Å². The summed E-state index contributed by atoms with van der Waals surface area (Å²) in [5, 5.41) is 9.64. The van der Waals surface area contributed by atoms with Gasteiger partial charge in [-0.1, -0.05) is 193 Å². The number of hydrogen-bond donors (Lipinski definition) is 1. The van der Waals surface area contributed by atoms with E-state index in [0.29, 0.717) is 19.3 Å². The van der Waals surface area contributed by atoms with Crippen molar-refractivity contribution in [3.05, 3.63) is 12.2 Å². The molecule has 0 aliphatic rings. The van der Waals surface area contributed by atoms with Crippen LogP contribution in [-0.4, -0.2) is 80.6 Å². The molecule has 342 valence electrons. The molecule has 0 fully saturated rings. The van der Waals surface area contributed by atoms with Crippen LogP contribution in [0.25, 0.3) is 0 Å². The number of hydrogen-bond acceptors (Lipinski definition) is 6. The Morgan fingerprint density at radius 1 is 0.500 bits per heavy atom. The molecule has 0 saturated heterocycles. The molecule has 0 rings (SSSR count). The molecule has 0 aromatic heterocycles. The van der Waals surface area contributed by atoms with E-state index in [1.807, 2.05) is 21.1 Å². The molecule has 58 heavy (non-hydrogen) atoms. The van der Waals surface area contributed by atoms with E-state index in [4.69, 9.17) is 14.2 Å². The minimum atomic E-state index is -0.872. The summed E-state index contributed by atoms with van der Waals surface area (Å²) in [6.45, 7) is 4.77. The number of quaternary nitrogens is 1. The number of carboxylic acid groups (broad SMARTS) is 1. The lowest BCUT2D eigenvalue weighted by molar-refractivity contribution is -0.887. The third kappa shape index (κ3) is 39.5. The second-order valence-corrected chi connectivity index (χ2v) is 18.1. The second kappa shape index (κ2) is 41.8.